The van der Waals surface area contributed by atoms with E-state index in [-0.39, 0.29) is 18.4 Å². The minimum absolute atomic E-state index is 0.148. The van der Waals surface area contributed by atoms with Gasteiger partial charge in [-0.25, -0.2) is 0 Å². The minimum Gasteiger partial charge on any atom is -0.484 e. The molecule has 0 fully saturated rings. The molecule has 0 saturated heterocycles. The van der Waals surface area contributed by atoms with E-state index in [4.69, 9.17) is 4.74 Å². The van der Waals surface area contributed by atoms with Crippen molar-refractivity contribution in [2.24, 2.45) is 0 Å². The normalized spacial score (nSPS) is 11.5. The van der Waals surface area contributed by atoms with Gasteiger partial charge in [-0.05, 0) is 41.8 Å². The molecule has 0 radical (unpaired) electrons. The lowest BCUT2D eigenvalue weighted by molar-refractivity contribution is -0.142. The predicted octanol–water partition coefficient (Wildman–Crippen LogP) is 5.38. The number of benzene rings is 3. The van der Waals surface area contributed by atoms with Gasteiger partial charge in [0.25, 0.3) is 5.91 Å². The van der Waals surface area contributed by atoms with Crippen molar-refractivity contribution in [3.05, 3.63) is 101 Å². The molecule has 0 aliphatic rings. The number of hydrogen-bond donors (Lipinski definition) is 1. The van der Waals surface area contributed by atoms with E-state index in [1.54, 1.807) is 17.0 Å². The van der Waals surface area contributed by atoms with Crippen LogP contribution in [0.2, 0.25) is 0 Å². The number of ether oxygens (including phenoxy) is 1. The Morgan fingerprint density at radius 3 is 2.15 bits per heavy atom. The fourth-order valence-electron chi connectivity index (χ4n) is 3.60. The van der Waals surface area contributed by atoms with Gasteiger partial charge in [-0.2, -0.15) is 0 Å². The molecule has 1 N–H and O–H groups in total. The molecule has 3 aromatic carbocycles. The Bertz CT molecular complexity index is 1030. The first-order valence-electron chi connectivity index (χ1n) is 11.6. The molecule has 178 valence electrons. The third-order valence-electron chi connectivity index (χ3n) is 5.47. The van der Waals surface area contributed by atoms with Gasteiger partial charge in [0.15, 0.2) is 6.61 Å². The Morgan fingerprint density at radius 2 is 1.53 bits per heavy atom. The molecule has 2 amide bonds. The standard InChI is InChI=1S/C28H31BrN2O3/c1-2-3-18-30-28(33)26(19-22-10-6-4-7-11-22)31(20-23-12-8-5-9-13-23)27(32)21-34-25-16-14-24(29)15-17-25/h4-17,26H,2-3,18-21H2,1H3,(H,30,33)/t26-/m0/s1. The topological polar surface area (TPSA) is 58.6 Å². The summed E-state index contributed by atoms with van der Waals surface area (Å²) in [5.41, 5.74) is 1.96. The fraction of sp³-hybridized carbons (Fsp3) is 0.286. The van der Waals surface area contributed by atoms with E-state index in [1.807, 2.05) is 72.8 Å². The summed E-state index contributed by atoms with van der Waals surface area (Å²) in [6.07, 6.45) is 2.30. The summed E-state index contributed by atoms with van der Waals surface area (Å²) in [4.78, 5) is 28.4. The van der Waals surface area contributed by atoms with Crippen molar-refractivity contribution in [1.29, 1.82) is 0 Å². The number of carbonyl (C=O) groups is 2. The molecule has 0 aliphatic heterocycles. The third-order valence-corrected chi connectivity index (χ3v) is 6.00. The highest BCUT2D eigenvalue weighted by Gasteiger charge is 2.30. The second-order valence-electron chi connectivity index (χ2n) is 8.10. The number of hydrogen-bond acceptors (Lipinski definition) is 3. The van der Waals surface area contributed by atoms with Gasteiger partial charge in [0.2, 0.25) is 5.91 Å². The molecule has 0 heterocycles. The molecular formula is C28H31BrN2O3. The van der Waals surface area contributed by atoms with Crippen LogP contribution in [-0.4, -0.2) is 35.9 Å². The van der Waals surface area contributed by atoms with Gasteiger partial charge in [0.05, 0.1) is 0 Å². The first-order valence-corrected chi connectivity index (χ1v) is 12.4. The molecule has 1 atom stereocenters. The number of nitrogens with one attached hydrogen (secondary N) is 1. The zero-order chi connectivity index (χ0) is 24.2. The highest BCUT2D eigenvalue weighted by atomic mass is 79.9. The van der Waals surface area contributed by atoms with Crippen molar-refractivity contribution in [3.63, 3.8) is 0 Å². The Hall–Kier alpha value is -3.12. The number of unbranched alkanes of at least 4 members (excludes halogenated alkanes) is 1. The van der Waals surface area contributed by atoms with Gasteiger partial charge < -0.3 is 15.0 Å². The van der Waals surface area contributed by atoms with Gasteiger partial charge in [0.1, 0.15) is 11.8 Å². The Morgan fingerprint density at radius 1 is 0.912 bits per heavy atom. The van der Waals surface area contributed by atoms with Crippen molar-refractivity contribution < 1.29 is 14.3 Å². The van der Waals surface area contributed by atoms with Gasteiger partial charge in [-0.3, -0.25) is 9.59 Å². The molecule has 0 bridgehead atoms. The van der Waals surface area contributed by atoms with Crippen LogP contribution in [0, 0.1) is 0 Å². The number of carbonyl (C=O) groups excluding carboxylic acids is 2. The Labute approximate surface area is 210 Å². The molecule has 3 aromatic rings. The van der Waals surface area contributed by atoms with Gasteiger partial charge in [-0.1, -0.05) is 89.9 Å². The number of amides is 2. The van der Waals surface area contributed by atoms with E-state index in [2.05, 4.69) is 28.2 Å². The van der Waals surface area contributed by atoms with Crippen LogP contribution in [0.1, 0.15) is 30.9 Å². The summed E-state index contributed by atoms with van der Waals surface area (Å²) in [7, 11) is 0. The van der Waals surface area contributed by atoms with Crippen molar-refractivity contribution in [1.82, 2.24) is 10.2 Å². The molecule has 0 saturated carbocycles. The van der Waals surface area contributed by atoms with Crippen molar-refractivity contribution in [2.75, 3.05) is 13.2 Å². The fourth-order valence-corrected chi connectivity index (χ4v) is 3.86. The predicted molar refractivity (Wildman–Crippen MR) is 138 cm³/mol. The summed E-state index contributed by atoms with van der Waals surface area (Å²) >= 11 is 3.40. The highest BCUT2D eigenvalue weighted by Crippen LogP contribution is 2.18. The molecule has 34 heavy (non-hydrogen) atoms. The molecule has 0 aliphatic carbocycles. The zero-order valence-corrected chi connectivity index (χ0v) is 21.0. The third kappa shape index (κ3) is 8.03. The van der Waals surface area contributed by atoms with E-state index >= 15 is 0 Å². The SMILES string of the molecule is CCCCNC(=O)[C@H](Cc1ccccc1)N(Cc1ccccc1)C(=O)COc1ccc(Br)cc1. The molecule has 0 spiro atoms. The van der Waals surface area contributed by atoms with E-state index in [0.29, 0.717) is 25.3 Å². The van der Waals surface area contributed by atoms with E-state index in [0.717, 1.165) is 28.4 Å². The van der Waals surface area contributed by atoms with Gasteiger partial charge in [0, 0.05) is 24.0 Å². The quantitative estimate of drug-likeness (QED) is 0.324. The van der Waals surface area contributed by atoms with Crippen LogP contribution in [0.5, 0.6) is 5.75 Å². The van der Waals surface area contributed by atoms with Crippen molar-refractivity contribution in [3.8, 4) is 5.75 Å². The largest absolute Gasteiger partial charge is 0.484 e. The highest BCUT2D eigenvalue weighted by molar-refractivity contribution is 9.10. The van der Waals surface area contributed by atoms with Crippen LogP contribution in [-0.2, 0) is 22.6 Å². The first kappa shape index (κ1) is 25.5. The lowest BCUT2D eigenvalue weighted by Crippen LogP contribution is -2.51. The van der Waals surface area contributed by atoms with Gasteiger partial charge >= 0.3 is 0 Å². The maximum Gasteiger partial charge on any atom is 0.261 e. The van der Waals surface area contributed by atoms with Crippen LogP contribution in [0.4, 0.5) is 0 Å². The molecular weight excluding hydrogens is 492 g/mol. The average Bonchev–Trinajstić information content (AvgIpc) is 2.87. The van der Waals surface area contributed by atoms with Crippen molar-refractivity contribution in [2.45, 2.75) is 38.8 Å². The smallest absolute Gasteiger partial charge is 0.261 e. The second kappa shape index (κ2) is 13.6. The van der Waals surface area contributed by atoms with Crippen molar-refractivity contribution >= 4 is 27.7 Å². The van der Waals surface area contributed by atoms with E-state index < -0.39 is 6.04 Å². The van der Waals surface area contributed by atoms with Crippen LogP contribution in [0.3, 0.4) is 0 Å². The van der Waals surface area contributed by atoms with Crippen LogP contribution in [0.15, 0.2) is 89.4 Å². The summed E-state index contributed by atoms with van der Waals surface area (Å²) in [5, 5.41) is 3.03. The maximum atomic E-state index is 13.5. The Kier molecular flexibility index (Phi) is 10.2. The summed E-state index contributed by atoms with van der Waals surface area (Å²) < 4.78 is 6.71. The zero-order valence-electron chi connectivity index (χ0n) is 19.5. The van der Waals surface area contributed by atoms with E-state index in [1.165, 1.54) is 0 Å². The molecule has 0 aromatic heterocycles. The minimum atomic E-state index is -0.652. The Balaban J connectivity index is 1.85. The van der Waals surface area contributed by atoms with Crippen LogP contribution in [0.25, 0.3) is 0 Å². The molecule has 5 nitrogen and oxygen atoms in total. The molecule has 3 rings (SSSR count). The van der Waals surface area contributed by atoms with Gasteiger partial charge in [-0.15, -0.1) is 0 Å². The lowest BCUT2D eigenvalue weighted by atomic mass is 10.0. The maximum absolute atomic E-state index is 13.5. The molecule has 0 unspecified atom stereocenters. The summed E-state index contributed by atoms with van der Waals surface area (Å²) in [6.45, 7) is 2.84. The number of rotatable bonds is 12. The number of nitrogens with zero attached hydrogens (tertiary/aromatic N) is 1. The van der Waals surface area contributed by atoms with E-state index in [9.17, 15) is 9.59 Å². The summed E-state index contributed by atoms with van der Waals surface area (Å²) in [6, 6.07) is 26.2. The monoisotopic (exact) mass is 522 g/mol. The summed E-state index contributed by atoms with van der Waals surface area (Å²) in [5.74, 6) is 0.215. The average molecular weight is 523 g/mol. The van der Waals surface area contributed by atoms with Crippen LogP contribution < -0.4 is 10.1 Å². The number of halogens is 1. The first-order chi connectivity index (χ1) is 16.6. The molecule has 6 heteroatoms. The lowest BCUT2D eigenvalue weighted by Gasteiger charge is -2.31. The second-order valence-corrected chi connectivity index (χ2v) is 9.02. The van der Waals surface area contributed by atoms with Crippen LogP contribution >= 0.6 is 15.9 Å².